The molecule has 0 N–H and O–H groups in total. The Morgan fingerprint density at radius 2 is 1.79 bits per heavy atom. The molecule has 0 fully saturated rings. The lowest BCUT2D eigenvalue weighted by atomic mass is 10.0. The van der Waals surface area contributed by atoms with Crippen LogP contribution in [0, 0.1) is 6.92 Å². The SMILES string of the molecule is C=C(C)CSCc1ccc(-c2cccc(C)c2)cc1. The fourth-order valence-electron chi connectivity index (χ4n) is 1.96. The Labute approximate surface area is 120 Å². The molecule has 2 rings (SSSR count). The molecule has 0 aliphatic heterocycles. The second-order valence-electron chi connectivity index (χ2n) is 5.02. The highest BCUT2D eigenvalue weighted by Gasteiger charge is 1.99. The first kappa shape index (κ1) is 14.0. The van der Waals surface area contributed by atoms with Crippen LogP contribution >= 0.6 is 11.8 Å². The third kappa shape index (κ3) is 4.29. The molecule has 0 nitrogen and oxygen atoms in total. The van der Waals surface area contributed by atoms with Gasteiger partial charge in [0, 0.05) is 11.5 Å². The van der Waals surface area contributed by atoms with Crippen LogP contribution < -0.4 is 0 Å². The molecule has 0 saturated carbocycles. The Bertz CT molecular complexity index is 552. The summed E-state index contributed by atoms with van der Waals surface area (Å²) >= 11 is 1.92. The predicted octanol–water partition coefficient (Wildman–Crippen LogP) is 5.47. The standard InChI is InChI=1S/C18H20S/c1-14(2)12-19-13-16-7-9-17(10-8-16)18-6-4-5-15(3)11-18/h4-11H,1,12-13H2,2-3H3. The topological polar surface area (TPSA) is 0 Å². The van der Waals surface area contributed by atoms with Crippen LogP contribution in [-0.4, -0.2) is 5.75 Å². The van der Waals surface area contributed by atoms with E-state index >= 15 is 0 Å². The number of benzene rings is 2. The molecule has 0 spiro atoms. The molecular formula is C18H20S. The van der Waals surface area contributed by atoms with Crippen LogP contribution in [0.15, 0.2) is 60.7 Å². The van der Waals surface area contributed by atoms with Crippen molar-refractivity contribution < 1.29 is 0 Å². The van der Waals surface area contributed by atoms with Crippen LogP contribution in [0.5, 0.6) is 0 Å². The molecule has 0 amide bonds. The van der Waals surface area contributed by atoms with Crippen LogP contribution in [0.2, 0.25) is 0 Å². The Morgan fingerprint density at radius 1 is 1.05 bits per heavy atom. The molecule has 0 aliphatic rings. The summed E-state index contributed by atoms with van der Waals surface area (Å²) in [4.78, 5) is 0. The molecule has 0 aromatic heterocycles. The van der Waals surface area contributed by atoms with Crippen molar-refractivity contribution in [3.63, 3.8) is 0 Å². The summed E-state index contributed by atoms with van der Waals surface area (Å²) < 4.78 is 0. The van der Waals surface area contributed by atoms with Gasteiger partial charge in [-0.2, -0.15) is 11.8 Å². The third-order valence-corrected chi connectivity index (χ3v) is 4.16. The van der Waals surface area contributed by atoms with E-state index in [-0.39, 0.29) is 0 Å². The summed E-state index contributed by atoms with van der Waals surface area (Å²) in [6, 6.07) is 17.5. The van der Waals surface area contributed by atoms with E-state index in [1.54, 1.807) is 0 Å². The van der Waals surface area contributed by atoms with E-state index in [0.29, 0.717) is 0 Å². The van der Waals surface area contributed by atoms with Gasteiger partial charge in [-0.15, -0.1) is 0 Å². The van der Waals surface area contributed by atoms with E-state index in [0.717, 1.165) is 11.5 Å². The molecule has 0 heterocycles. The normalized spacial score (nSPS) is 10.4. The first-order valence-electron chi connectivity index (χ1n) is 6.53. The second kappa shape index (κ2) is 6.63. The maximum atomic E-state index is 3.93. The van der Waals surface area contributed by atoms with Crippen molar-refractivity contribution in [2.45, 2.75) is 19.6 Å². The van der Waals surface area contributed by atoms with Crippen LogP contribution in [-0.2, 0) is 5.75 Å². The van der Waals surface area contributed by atoms with Gasteiger partial charge in [0.1, 0.15) is 0 Å². The lowest BCUT2D eigenvalue weighted by Gasteiger charge is -2.05. The number of hydrogen-bond donors (Lipinski definition) is 0. The minimum absolute atomic E-state index is 1.04. The average Bonchev–Trinajstić information content (AvgIpc) is 2.39. The molecule has 0 saturated heterocycles. The lowest BCUT2D eigenvalue weighted by Crippen LogP contribution is -1.85. The van der Waals surface area contributed by atoms with Crippen molar-refractivity contribution in [2.75, 3.05) is 5.75 Å². The minimum atomic E-state index is 1.04. The van der Waals surface area contributed by atoms with Crippen molar-refractivity contribution in [3.8, 4) is 11.1 Å². The molecule has 1 heteroatoms. The van der Waals surface area contributed by atoms with Crippen molar-refractivity contribution in [1.82, 2.24) is 0 Å². The highest BCUT2D eigenvalue weighted by Crippen LogP contribution is 2.22. The first-order valence-corrected chi connectivity index (χ1v) is 7.69. The van der Waals surface area contributed by atoms with Gasteiger partial charge in [-0.05, 0) is 30.5 Å². The zero-order chi connectivity index (χ0) is 13.7. The molecular weight excluding hydrogens is 248 g/mol. The van der Waals surface area contributed by atoms with Gasteiger partial charge in [0.15, 0.2) is 0 Å². The van der Waals surface area contributed by atoms with Gasteiger partial charge in [0.05, 0.1) is 0 Å². The highest BCUT2D eigenvalue weighted by molar-refractivity contribution is 7.98. The Kier molecular flexibility index (Phi) is 4.86. The largest absolute Gasteiger partial charge is 0.153 e. The highest BCUT2D eigenvalue weighted by atomic mass is 32.2. The number of thioether (sulfide) groups is 1. The molecule has 0 bridgehead atoms. The molecule has 98 valence electrons. The van der Waals surface area contributed by atoms with E-state index in [2.05, 4.69) is 69.0 Å². The fraction of sp³-hybridized carbons (Fsp3) is 0.222. The molecule has 0 aliphatic carbocycles. The third-order valence-electron chi connectivity index (χ3n) is 2.92. The van der Waals surface area contributed by atoms with Crippen LogP contribution in [0.3, 0.4) is 0 Å². The monoisotopic (exact) mass is 268 g/mol. The second-order valence-corrected chi connectivity index (χ2v) is 6.00. The van der Waals surface area contributed by atoms with Crippen LogP contribution in [0.1, 0.15) is 18.1 Å². The summed E-state index contributed by atoms with van der Waals surface area (Å²) in [7, 11) is 0. The Balaban J connectivity index is 2.04. The molecule has 2 aromatic rings. The van der Waals surface area contributed by atoms with Gasteiger partial charge in [0.2, 0.25) is 0 Å². The maximum Gasteiger partial charge on any atom is 0.0187 e. The smallest absolute Gasteiger partial charge is 0.0187 e. The van der Waals surface area contributed by atoms with E-state index in [1.807, 2.05) is 11.8 Å². The van der Waals surface area contributed by atoms with E-state index in [9.17, 15) is 0 Å². The quantitative estimate of drug-likeness (QED) is 0.648. The van der Waals surface area contributed by atoms with Gasteiger partial charge in [-0.25, -0.2) is 0 Å². The molecule has 2 aromatic carbocycles. The van der Waals surface area contributed by atoms with E-state index in [4.69, 9.17) is 0 Å². The van der Waals surface area contributed by atoms with Crippen molar-refractivity contribution in [2.24, 2.45) is 0 Å². The van der Waals surface area contributed by atoms with Crippen LogP contribution in [0.25, 0.3) is 11.1 Å². The lowest BCUT2D eigenvalue weighted by molar-refractivity contribution is 1.38. The summed E-state index contributed by atoms with van der Waals surface area (Å²) in [6.07, 6.45) is 0. The Hall–Kier alpha value is -1.47. The average molecular weight is 268 g/mol. The number of rotatable bonds is 5. The summed E-state index contributed by atoms with van der Waals surface area (Å²) in [6.45, 7) is 8.14. The zero-order valence-corrected chi connectivity index (χ0v) is 12.5. The maximum absolute atomic E-state index is 3.93. The number of hydrogen-bond acceptors (Lipinski definition) is 1. The minimum Gasteiger partial charge on any atom is -0.153 e. The molecule has 19 heavy (non-hydrogen) atoms. The van der Waals surface area contributed by atoms with Gasteiger partial charge in [-0.3, -0.25) is 0 Å². The van der Waals surface area contributed by atoms with E-state index < -0.39 is 0 Å². The van der Waals surface area contributed by atoms with Crippen molar-refractivity contribution >= 4 is 11.8 Å². The fourth-order valence-corrected chi connectivity index (χ4v) is 2.84. The summed E-state index contributed by atoms with van der Waals surface area (Å²) in [5.41, 5.74) is 6.50. The van der Waals surface area contributed by atoms with Gasteiger partial charge in [0.25, 0.3) is 0 Å². The predicted molar refractivity (Wildman–Crippen MR) is 87.6 cm³/mol. The molecule has 0 atom stereocenters. The van der Waals surface area contributed by atoms with Crippen molar-refractivity contribution in [3.05, 3.63) is 71.8 Å². The van der Waals surface area contributed by atoms with Gasteiger partial charge < -0.3 is 0 Å². The molecule has 0 unspecified atom stereocenters. The molecule has 0 radical (unpaired) electrons. The zero-order valence-electron chi connectivity index (χ0n) is 11.6. The summed E-state index contributed by atoms with van der Waals surface area (Å²) in [5, 5.41) is 0. The van der Waals surface area contributed by atoms with Gasteiger partial charge >= 0.3 is 0 Å². The Morgan fingerprint density at radius 3 is 2.42 bits per heavy atom. The van der Waals surface area contributed by atoms with Gasteiger partial charge in [-0.1, -0.05) is 66.2 Å². The number of aryl methyl sites for hydroxylation is 1. The van der Waals surface area contributed by atoms with Crippen LogP contribution in [0.4, 0.5) is 0 Å². The van der Waals surface area contributed by atoms with E-state index in [1.165, 1.54) is 27.8 Å². The van der Waals surface area contributed by atoms with Crippen molar-refractivity contribution in [1.29, 1.82) is 0 Å². The summed E-state index contributed by atoms with van der Waals surface area (Å²) in [5.74, 6) is 2.10. The first-order chi connectivity index (χ1) is 9.15.